The summed E-state index contributed by atoms with van der Waals surface area (Å²) in [7, 11) is 0. The smallest absolute Gasteiger partial charge is 0.228 e. The molecule has 0 saturated carbocycles. The number of aromatic nitrogens is 3. The first-order valence-corrected chi connectivity index (χ1v) is 10.4. The molecule has 1 amide bonds. The third kappa shape index (κ3) is 3.45. The highest BCUT2D eigenvalue weighted by atomic mass is 32.1. The lowest BCUT2D eigenvalue weighted by Crippen LogP contribution is -2.47. The zero-order valence-electron chi connectivity index (χ0n) is 15.4. The number of rotatable bonds is 5. The standard InChI is InChI=1S/C19H25N5OS/c1-3-4-15-7-18(22-13(2)21-15)23-8-14-5-6-17(10-23)24(19(14)25)9-16-11-26-12-20-16/h7,11-12,14,17H,3-6,8-10H2,1-2H3/t14-,17+/m0/s1. The van der Waals surface area contributed by atoms with Crippen molar-refractivity contribution < 1.29 is 4.79 Å². The highest BCUT2D eigenvalue weighted by Gasteiger charge is 2.41. The number of carbonyl (C=O) groups excluding carboxylic acids is 1. The summed E-state index contributed by atoms with van der Waals surface area (Å²) in [6, 6.07) is 2.34. The van der Waals surface area contributed by atoms with Crippen LogP contribution < -0.4 is 4.90 Å². The molecule has 3 fully saturated rings. The zero-order valence-corrected chi connectivity index (χ0v) is 16.2. The molecule has 0 N–H and O–H groups in total. The number of piperidine rings is 1. The molecule has 2 aromatic heterocycles. The number of thiazole rings is 1. The Balaban J connectivity index is 1.59. The Morgan fingerprint density at radius 3 is 2.88 bits per heavy atom. The van der Waals surface area contributed by atoms with Crippen LogP contribution in [0.4, 0.5) is 5.82 Å². The van der Waals surface area contributed by atoms with Gasteiger partial charge in [-0.15, -0.1) is 11.3 Å². The largest absolute Gasteiger partial charge is 0.354 e. The molecule has 3 saturated heterocycles. The summed E-state index contributed by atoms with van der Waals surface area (Å²) in [6.07, 6.45) is 4.06. The Morgan fingerprint density at radius 1 is 1.23 bits per heavy atom. The molecule has 2 bridgehead atoms. The number of amides is 1. The second-order valence-electron chi connectivity index (χ2n) is 7.29. The van der Waals surface area contributed by atoms with Crippen molar-refractivity contribution in [1.82, 2.24) is 19.9 Å². The molecule has 2 aromatic rings. The normalized spacial score (nSPS) is 22.8. The van der Waals surface area contributed by atoms with Gasteiger partial charge in [0.2, 0.25) is 5.91 Å². The van der Waals surface area contributed by atoms with E-state index in [-0.39, 0.29) is 17.9 Å². The second-order valence-corrected chi connectivity index (χ2v) is 8.01. The van der Waals surface area contributed by atoms with E-state index in [4.69, 9.17) is 0 Å². The van der Waals surface area contributed by atoms with Crippen LogP contribution in [0, 0.1) is 12.8 Å². The van der Waals surface area contributed by atoms with Crippen LogP contribution in [0.3, 0.4) is 0 Å². The van der Waals surface area contributed by atoms with E-state index in [0.717, 1.165) is 61.8 Å². The van der Waals surface area contributed by atoms with Gasteiger partial charge in [0.25, 0.3) is 0 Å². The van der Waals surface area contributed by atoms with Crippen molar-refractivity contribution in [3.8, 4) is 0 Å². The van der Waals surface area contributed by atoms with Crippen molar-refractivity contribution in [2.75, 3.05) is 18.0 Å². The molecule has 0 aliphatic carbocycles. The van der Waals surface area contributed by atoms with Crippen LogP contribution >= 0.6 is 11.3 Å². The maximum absolute atomic E-state index is 13.0. The van der Waals surface area contributed by atoms with Crippen LogP contribution in [0.25, 0.3) is 0 Å². The first-order valence-electron chi connectivity index (χ1n) is 9.41. The van der Waals surface area contributed by atoms with E-state index < -0.39 is 0 Å². The summed E-state index contributed by atoms with van der Waals surface area (Å²) in [4.78, 5) is 30.9. The van der Waals surface area contributed by atoms with E-state index in [1.54, 1.807) is 11.3 Å². The van der Waals surface area contributed by atoms with E-state index in [9.17, 15) is 4.79 Å². The van der Waals surface area contributed by atoms with Crippen molar-refractivity contribution in [3.63, 3.8) is 0 Å². The molecule has 5 heterocycles. The van der Waals surface area contributed by atoms with Crippen LogP contribution in [-0.2, 0) is 17.8 Å². The van der Waals surface area contributed by atoms with Crippen LogP contribution in [0.2, 0.25) is 0 Å². The molecule has 2 atom stereocenters. The Kier molecular flexibility index (Phi) is 4.89. The fourth-order valence-corrected chi connectivity index (χ4v) is 4.63. The molecule has 0 radical (unpaired) electrons. The first kappa shape index (κ1) is 17.4. The van der Waals surface area contributed by atoms with Gasteiger partial charge in [0, 0.05) is 36.3 Å². The molecule has 3 aliphatic heterocycles. The highest BCUT2D eigenvalue weighted by molar-refractivity contribution is 7.07. The highest BCUT2D eigenvalue weighted by Crippen LogP contribution is 2.32. The summed E-state index contributed by atoms with van der Waals surface area (Å²) in [5.74, 6) is 2.11. The van der Waals surface area contributed by atoms with Gasteiger partial charge in [-0.1, -0.05) is 13.3 Å². The Hall–Kier alpha value is -2.02. The quantitative estimate of drug-likeness (QED) is 0.809. The first-order chi connectivity index (χ1) is 12.6. The Labute approximate surface area is 158 Å². The molecule has 0 aromatic carbocycles. The Morgan fingerprint density at radius 2 is 2.12 bits per heavy atom. The van der Waals surface area contributed by atoms with Crippen LogP contribution in [0.1, 0.15) is 43.4 Å². The number of carbonyl (C=O) groups is 1. The third-order valence-electron chi connectivity index (χ3n) is 5.32. The molecular formula is C19H25N5OS. The minimum absolute atomic E-state index is 0.0530. The summed E-state index contributed by atoms with van der Waals surface area (Å²) in [5.41, 5.74) is 3.92. The van der Waals surface area contributed by atoms with Crippen molar-refractivity contribution in [3.05, 3.63) is 34.2 Å². The van der Waals surface area contributed by atoms with Crippen molar-refractivity contribution >= 4 is 23.1 Å². The summed E-state index contributed by atoms with van der Waals surface area (Å²) < 4.78 is 0. The minimum atomic E-state index is 0.0530. The number of nitrogens with zero attached hydrogens (tertiary/aromatic N) is 5. The molecule has 138 valence electrons. The average molecular weight is 372 g/mol. The topological polar surface area (TPSA) is 62.2 Å². The molecule has 6 nitrogen and oxygen atoms in total. The second kappa shape index (κ2) is 7.31. The number of anilines is 1. The Bertz CT molecular complexity index is 778. The molecule has 0 unspecified atom stereocenters. The minimum Gasteiger partial charge on any atom is -0.354 e. The van der Waals surface area contributed by atoms with Gasteiger partial charge in [-0.2, -0.15) is 0 Å². The van der Waals surface area contributed by atoms with Gasteiger partial charge in [0.1, 0.15) is 11.6 Å². The van der Waals surface area contributed by atoms with Crippen LogP contribution in [-0.4, -0.2) is 44.9 Å². The lowest BCUT2D eigenvalue weighted by atomic mass is 9.94. The van der Waals surface area contributed by atoms with E-state index >= 15 is 0 Å². The molecule has 5 rings (SSSR count). The lowest BCUT2D eigenvalue weighted by Gasteiger charge is -2.35. The number of fused-ring (bicyclic) bond motifs is 4. The monoisotopic (exact) mass is 371 g/mol. The lowest BCUT2D eigenvalue weighted by molar-refractivity contribution is -0.140. The molecule has 3 aliphatic rings. The van der Waals surface area contributed by atoms with Crippen LogP contribution in [0.15, 0.2) is 17.0 Å². The molecule has 0 spiro atoms. The van der Waals surface area contributed by atoms with Gasteiger partial charge in [-0.05, 0) is 26.2 Å². The van der Waals surface area contributed by atoms with E-state index in [0.29, 0.717) is 6.54 Å². The molecular weight excluding hydrogens is 346 g/mol. The van der Waals surface area contributed by atoms with Gasteiger partial charge >= 0.3 is 0 Å². The molecule has 7 heteroatoms. The third-order valence-corrected chi connectivity index (χ3v) is 5.95. The summed E-state index contributed by atoms with van der Waals surface area (Å²) in [5, 5.41) is 2.04. The van der Waals surface area contributed by atoms with Gasteiger partial charge in [-0.25, -0.2) is 15.0 Å². The van der Waals surface area contributed by atoms with Crippen molar-refractivity contribution in [2.45, 2.75) is 52.1 Å². The zero-order chi connectivity index (χ0) is 18.1. The number of hydrogen-bond donors (Lipinski definition) is 0. The molecule has 26 heavy (non-hydrogen) atoms. The van der Waals surface area contributed by atoms with Gasteiger partial charge in [0.05, 0.1) is 23.7 Å². The van der Waals surface area contributed by atoms with Crippen molar-refractivity contribution in [1.29, 1.82) is 0 Å². The van der Waals surface area contributed by atoms with E-state index in [1.807, 2.05) is 22.7 Å². The van der Waals surface area contributed by atoms with E-state index in [1.165, 1.54) is 0 Å². The predicted octanol–water partition coefficient (Wildman–Crippen LogP) is 2.82. The van der Waals surface area contributed by atoms with Crippen molar-refractivity contribution in [2.24, 2.45) is 5.92 Å². The van der Waals surface area contributed by atoms with Crippen LogP contribution in [0.5, 0.6) is 0 Å². The van der Waals surface area contributed by atoms with Gasteiger partial charge < -0.3 is 9.80 Å². The predicted molar refractivity (Wildman–Crippen MR) is 102 cm³/mol. The number of aryl methyl sites for hydroxylation is 2. The summed E-state index contributed by atoms with van der Waals surface area (Å²) in [6.45, 7) is 6.34. The fourth-order valence-electron chi connectivity index (χ4n) is 4.08. The number of hydrogen-bond acceptors (Lipinski definition) is 6. The summed E-state index contributed by atoms with van der Waals surface area (Å²) >= 11 is 1.58. The van der Waals surface area contributed by atoms with Gasteiger partial charge in [-0.3, -0.25) is 4.79 Å². The van der Waals surface area contributed by atoms with E-state index in [2.05, 4.69) is 32.8 Å². The maximum atomic E-state index is 13.0. The van der Waals surface area contributed by atoms with Gasteiger partial charge in [0.15, 0.2) is 0 Å². The average Bonchev–Trinajstić information content (AvgIpc) is 2.97. The maximum Gasteiger partial charge on any atom is 0.228 e. The SMILES string of the molecule is CCCc1cc(N2C[C@@H]3CC[C@H](C2)N(Cc2cscn2)C3=O)nc(C)n1. The fraction of sp³-hybridized carbons (Fsp3) is 0.579.